The number of carbonyl (C=O) groups excluding carboxylic acids is 2. The molecule has 0 bridgehead atoms. The molecule has 156 valence electrons. The molecule has 0 saturated carbocycles. The zero-order valence-corrected chi connectivity index (χ0v) is 18.2. The highest BCUT2D eigenvalue weighted by atomic mass is 35.5. The van der Waals surface area contributed by atoms with Gasteiger partial charge in [0.25, 0.3) is 10.0 Å². The van der Waals surface area contributed by atoms with E-state index < -0.39 is 10.0 Å². The van der Waals surface area contributed by atoms with Gasteiger partial charge in [0, 0.05) is 18.3 Å². The van der Waals surface area contributed by atoms with Crippen LogP contribution in [0.25, 0.3) is 0 Å². The Bertz CT molecular complexity index is 1160. The number of hydrogen-bond acceptors (Lipinski definition) is 5. The van der Waals surface area contributed by atoms with Crippen LogP contribution in [0.5, 0.6) is 0 Å². The maximum absolute atomic E-state index is 12.4. The van der Waals surface area contributed by atoms with Gasteiger partial charge in [0.15, 0.2) is 0 Å². The lowest BCUT2D eigenvalue weighted by Gasteiger charge is -2.11. The first-order valence-electron chi connectivity index (χ1n) is 8.75. The Morgan fingerprint density at radius 3 is 2.33 bits per heavy atom. The number of amides is 2. The van der Waals surface area contributed by atoms with Crippen molar-refractivity contribution in [2.75, 3.05) is 15.4 Å². The molecule has 10 heteroatoms. The molecule has 0 atom stereocenters. The Morgan fingerprint density at radius 1 is 1.00 bits per heavy atom. The van der Waals surface area contributed by atoms with E-state index in [1.807, 2.05) is 0 Å². The number of nitrogens with one attached hydrogen (secondary N) is 3. The molecule has 1 heterocycles. The predicted octanol–water partition coefficient (Wildman–Crippen LogP) is 4.34. The van der Waals surface area contributed by atoms with Gasteiger partial charge in [-0.25, -0.2) is 8.42 Å². The molecule has 0 fully saturated rings. The van der Waals surface area contributed by atoms with Gasteiger partial charge in [-0.2, -0.15) is 0 Å². The monoisotopic (exact) mass is 463 g/mol. The highest BCUT2D eigenvalue weighted by Crippen LogP contribution is 2.26. The van der Waals surface area contributed by atoms with Crippen molar-refractivity contribution >= 4 is 61.8 Å². The van der Waals surface area contributed by atoms with Crippen LogP contribution in [-0.2, 0) is 26.0 Å². The minimum atomic E-state index is -3.62. The van der Waals surface area contributed by atoms with Gasteiger partial charge < -0.3 is 10.6 Å². The summed E-state index contributed by atoms with van der Waals surface area (Å²) in [6.07, 6.45) is 0.0681. The van der Waals surface area contributed by atoms with Gasteiger partial charge in [0.05, 0.1) is 17.1 Å². The van der Waals surface area contributed by atoms with E-state index in [0.717, 1.165) is 11.3 Å². The van der Waals surface area contributed by atoms with Crippen LogP contribution in [0.2, 0.25) is 5.02 Å². The molecular formula is C20H18ClN3O4S2. The van der Waals surface area contributed by atoms with E-state index in [-0.39, 0.29) is 22.4 Å². The normalized spacial score (nSPS) is 11.0. The second-order valence-corrected chi connectivity index (χ2v) is 9.60. The fraction of sp³-hybridized carbons (Fsp3) is 0.100. The van der Waals surface area contributed by atoms with Crippen molar-refractivity contribution in [2.24, 2.45) is 0 Å². The lowest BCUT2D eigenvalue weighted by atomic mass is 10.1. The molecule has 3 rings (SSSR count). The smallest absolute Gasteiger partial charge is 0.271 e. The van der Waals surface area contributed by atoms with Crippen LogP contribution < -0.4 is 15.4 Å². The van der Waals surface area contributed by atoms with Gasteiger partial charge in [-0.15, -0.1) is 11.3 Å². The Balaban J connectivity index is 1.63. The summed E-state index contributed by atoms with van der Waals surface area (Å²) >= 11 is 7.24. The van der Waals surface area contributed by atoms with Crippen molar-refractivity contribution in [3.05, 3.63) is 70.6 Å². The number of anilines is 3. The largest absolute Gasteiger partial charge is 0.326 e. The highest BCUT2D eigenvalue weighted by molar-refractivity contribution is 7.94. The summed E-state index contributed by atoms with van der Waals surface area (Å²) < 4.78 is 27.2. The minimum Gasteiger partial charge on any atom is -0.326 e. The first-order valence-corrected chi connectivity index (χ1v) is 11.5. The second kappa shape index (κ2) is 9.29. The van der Waals surface area contributed by atoms with E-state index >= 15 is 0 Å². The molecule has 0 aliphatic carbocycles. The molecule has 0 radical (unpaired) electrons. The first-order chi connectivity index (χ1) is 14.2. The summed E-state index contributed by atoms with van der Waals surface area (Å²) in [6, 6.07) is 14.5. The van der Waals surface area contributed by atoms with Gasteiger partial charge >= 0.3 is 0 Å². The SMILES string of the molecule is CC(=O)Nc1ccc(Cl)c(NC(=O)Cc2ccc(NS(=O)(=O)c3cccs3)cc2)c1. The number of thiophene rings is 1. The maximum Gasteiger partial charge on any atom is 0.271 e. The minimum absolute atomic E-state index is 0.0681. The van der Waals surface area contributed by atoms with Gasteiger partial charge in [0.1, 0.15) is 4.21 Å². The molecule has 7 nitrogen and oxygen atoms in total. The van der Waals surface area contributed by atoms with Crippen LogP contribution in [-0.4, -0.2) is 20.2 Å². The number of benzene rings is 2. The van der Waals surface area contributed by atoms with Gasteiger partial charge in [0.2, 0.25) is 11.8 Å². The Labute approximate surface area is 183 Å². The van der Waals surface area contributed by atoms with Crippen molar-refractivity contribution < 1.29 is 18.0 Å². The third-order valence-corrected chi connectivity index (χ3v) is 7.00. The highest BCUT2D eigenvalue weighted by Gasteiger charge is 2.15. The van der Waals surface area contributed by atoms with Gasteiger partial charge in [-0.3, -0.25) is 14.3 Å². The summed E-state index contributed by atoms with van der Waals surface area (Å²) in [5.74, 6) is -0.534. The third kappa shape index (κ3) is 5.82. The van der Waals surface area contributed by atoms with Crippen LogP contribution in [0.3, 0.4) is 0 Å². The van der Waals surface area contributed by atoms with Gasteiger partial charge in [-0.05, 0) is 47.3 Å². The standard InChI is InChI=1S/C20H18ClN3O4S2/c1-13(25)22-16-8-9-17(21)18(12-16)23-19(26)11-14-4-6-15(7-5-14)24-30(27,28)20-3-2-10-29-20/h2-10,12,24H,11H2,1H3,(H,22,25)(H,23,26). The number of halogens is 1. The summed E-state index contributed by atoms with van der Waals surface area (Å²) in [5, 5.41) is 7.37. The second-order valence-electron chi connectivity index (χ2n) is 6.34. The van der Waals surface area contributed by atoms with Crippen molar-refractivity contribution in [1.29, 1.82) is 0 Å². The van der Waals surface area contributed by atoms with E-state index in [9.17, 15) is 18.0 Å². The lowest BCUT2D eigenvalue weighted by molar-refractivity contribution is -0.115. The Hall–Kier alpha value is -2.88. The topological polar surface area (TPSA) is 104 Å². The number of rotatable bonds is 7. The average Bonchev–Trinajstić information content (AvgIpc) is 3.21. The molecule has 0 spiro atoms. The molecule has 0 aliphatic heterocycles. The van der Waals surface area contributed by atoms with E-state index in [2.05, 4.69) is 15.4 Å². The predicted molar refractivity (Wildman–Crippen MR) is 120 cm³/mol. The lowest BCUT2D eigenvalue weighted by Crippen LogP contribution is -2.15. The van der Waals surface area contributed by atoms with Crippen molar-refractivity contribution in [3.63, 3.8) is 0 Å². The van der Waals surface area contributed by atoms with Crippen LogP contribution >= 0.6 is 22.9 Å². The molecule has 30 heavy (non-hydrogen) atoms. The van der Waals surface area contributed by atoms with E-state index in [1.54, 1.807) is 53.9 Å². The molecule has 2 aromatic carbocycles. The molecule has 3 aromatic rings. The molecule has 2 amide bonds. The summed E-state index contributed by atoms with van der Waals surface area (Å²) in [6.45, 7) is 1.39. The van der Waals surface area contributed by atoms with Crippen molar-refractivity contribution in [3.8, 4) is 0 Å². The summed E-state index contributed by atoms with van der Waals surface area (Å²) in [7, 11) is -3.62. The van der Waals surface area contributed by atoms with Crippen LogP contribution in [0.1, 0.15) is 12.5 Å². The third-order valence-electron chi connectivity index (χ3n) is 3.89. The quantitative estimate of drug-likeness (QED) is 0.484. The van der Waals surface area contributed by atoms with Crippen molar-refractivity contribution in [1.82, 2.24) is 0 Å². The zero-order chi connectivity index (χ0) is 21.7. The molecular weight excluding hydrogens is 446 g/mol. The molecule has 0 unspecified atom stereocenters. The van der Waals surface area contributed by atoms with Crippen molar-refractivity contribution in [2.45, 2.75) is 17.6 Å². The number of sulfonamides is 1. The maximum atomic E-state index is 12.4. The number of hydrogen-bond donors (Lipinski definition) is 3. The number of carbonyl (C=O) groups is 2. The van der Waals surface area contributed by atoms with Crippen LogP contribution in [0, 0.1) is 0 Å². The Kier molecular flexibility index (Phi) is 6.76. The van der Waals surface area contributed by atoms with E-state index in [0.29, 0.717) is 27.6 Å². The van der Waals surface area contributed by atoms with E-state index in [1.165, 1.54) is 13.0 Å². The molecule has 0 saturated heterocycles. The fourth-order valence-corrected chi connectivity index (χ4v) is 4.81. The average molecular weight is 464 g/mol. The van der Waals surface area contributed by atoms with E-state index in [4.69, 9.17) is 11.6 Å². The van der Waals surface area contributed by atoms with Gasteiger partial charge in [-0.1, -0.05) is 29.8 Å². The summed E-state index contributed by atoms with van der Waals surface area (Å²) in [5.41, 5.74) is 2.00. The van der Waals surface area contributed by atoms with Crippen LogP contribution in [0.4, 0.5) is 17.1 Å². The summed E-state index contributed by atoms with van der Waals surface area (Å²) in [4.78, 5) is 23.5. The first kappa shape index (κ1) is 21.8. The Morgan fingerprint density at radius 2 is 1.70 bits per heavy atom. The van der Waals surface area contributed by atoms with Crippen LogP contribution in [0.15, 0.2) is 64.2 Å². The molecule has 1 aromatic heterocycles. The molecule has 3 N–H and O–H groups in total. The molecule has 0 aliphatic rings. The zero-order valence-electron chi connectivity index (χ0n) is 15.8. The fourth-order valence-electron chi connectivity index (χ4n) is 2.59.